The topological polar surface area (TPSA) is 26.7 Å². The van der Waals surface area contributed by atoms with Crippen molar-refractivity contribution >= 4 is 29.6 Å². The molecule has 2 aromatic carbocycles. The molecule has 0 unspecified atom stereocenters. The van der Waals surface area contributed by atoms with Gasteiger partial charge in [-0.05, 0) is 92.1 Å². The van der Waals surface area contributed by atoms with Crippen LogP contribution in [0.15, 0.2) is 65.7 Å². The van der Waals surface area contributed by atoms with Gasteiger partial charge in [0.25, 0.3) is 0 Å². The Hall–Kier alpha value is -2.17. The summed E-state index contributed by atoms with van der Waals surface area (Å²) in [4.78, 5) is 5.55. The lowest BCUT2D eigenvalue weighted by molar-refractivity contribution is 0.119. The van der Waals surface area contributed by atoms with Gasteiger partial charge >= 0.3 is 0 Å². The number of nitrogens with zero attached hydrogens (tertiary/aromatic N) is 2. The molecular formula is C26H32N2OS. The molecule has 1 fully saturated rings. The van der Waals surface area contributed by atoms with Gasteiger partial charge in [0, 0.05) is 47.7 Å². The molecule has 4 rings (SSSR count). The van der Waals surface area contributed by atoms with Crippen molar-refractivity contribution in [2.24, 2.45) is 5.92 Å². The van der Waals surface area contributed by atoms with Crippen LogP contribution in [0.4, 0.5) is 11.4 Å². The number of aliphatic hydroxyl groups excluding tert-OH is 1. The van der Waals surface area contributed by atoms with E-state index in [0.717, 1.165) is 49.4 Å². The summed E-state index contributed by atoms with van der Waals surface area (Å²) >= 11 is 4.39. The number of benzene rings is 2. The Balaban J connectivity index is 1.64. The van der Waals surface area contributed by atoms with E-state index < -0.39 is 0 Å². The van der Waals surface area contributed by atoms with Crippen LogP contribution in [-0.4, -0.2) is 24.8 Å². The molecule has 158 valence electrons. The molecular weight excluding hydrogens is 388 g/mol. The third-order valence-corrected chi connectivity index (χ3v) is 6.79. The van der Waals surface area contributed by atoms with Gasteiger partial charge in [0.2, 0.25) is 0 Å². The number of thiol groups is 1. The average Bonchev–Trinajstić information content (AvgIpc) is 2.74. The Morgan fingerprint density at radius 1 is 1.10 bits per heavy atom. The second-order valence-electron chi connectivity index (χ2n) is 8.56. The minimum absolute atomic E-state index is 0.135. The minimum atomic E-state index is -0.135. The van der Waals surface area contributed by atoms with Gasteiger partial charge < -0.3 is 14.9 Å². The Kier molecular flexibility index (Phi) is 6.26. The molecule has 0 saturated heterocycles. The third kappa shape index (κ3) is 4.30. The summed E-state index contributed by atoms with van der Waals surface area (Å²) < 4.78 is 0. The fraction of sp³-hybridized carbons (Fsp3) is 0.385. The van der Waals surface area contributed by atoms with Crippen molar-refractivity contribution in [3.63, 3.8) is 0 Å². The van der Waals surface area contributed by atoms with E-state index in [2.05, 4.69) is 79.4 Å². The van der Waals surface area contributed by atoms with E-state index in [0.29, 0.717) is 5.92 Å². The lowest BCUT2D eigenvalue weighted by Crippen LogP contribution is -2.27. The normalized spacial score (nSPS) is 21.3. The van der Waals surface area contributed by atoms with Crippen molar-refractivity contribution in [1.29, 1.82) is 0 Å². The number of hydrogen-bond donors (Lipinski definition) is 2. The maximum atomic E-state index is 9.97. The fourth-order valence-corrected chi connectivity index (χ4v) is 4.96. The first kappa shape index (κ1) is 21.1. The minimum Gasteiger partial charge on any atom is -0.393 e. The first-order valence-electron chi connectivity index (χ1n) is 11.0. The zero-order valence-electron chi connectivity index (χ0n) is 18.0. The third-order valence-electron chi connectivity index (χ3n) is 6.49. The van der Waals surface area contributed by atoms with Crippen LogP contribution in [0.25, 0.3) is 5.57 Å². The molecule has 0 amide bonds. The molecule has 2 aliphatic rings. The number of rotatable bonds is 5. The van der Waals surface area contributed by atoms with Gasteiger partial charge in [0.1, 0.15) is 0 Å². The van der Waals surface area contributed by atoms with E-state index in [1.807, 2.05) is 12.1 Å². The number of likely N-dealkylation sites (N-methyl/N-ethyl adjacent to an activating group) is 1. The van der Waals surface area contributed by atoms with Crippen molar-refractivity contribution in [1.82, 2.24) is 0 Å². The van der Waals surface area contributed by atoms with E-state index in [1.165, 1.54) is 28.1 Å². The zero-order chi connectivity index (χ0) is 21.3. The van der Waals surface area contributed by atoms with Crippen LogP contribution in [0.3, 0.4) is 0 Å². The maximum Gasteiger partial charge on any atom is 0.0540 e. The van der Waals surface area contributed by atoms with Crippen molar-refractivity contribution in [3.05, 3.63) is 71.9 Å². The highest BCUT2D eigenvalue weighted by Crippen LogP contribution is 2.44. The van der Waals surface area contributed by atoms with E-state index in [-0.39, 0.29) is 6.10 Å². The monoisotopic (exact) mass is 420 g/mol. The van der Waals surface area contributed by atoms with Crippen LogP contribution in [0.2, 0.25) is 0 Å². The molecule has 0 radical (unpaired) electrons. The standard InChI is InChI=1S/C26H32N2OS/c1-4-28-18(2)15-24(20-6-10-22(29)11-7-20)25-16-19(5-14-26(25)28)17-27(3)21-8-12-23(30)13-9-21/h5,8-9,12-16,20,22,29-30H,2,4,6-7,10-11,17H2,1,3H3. The molecule has 4 heteroatoms. The Labute approximate surface area is 186 Å². The summed E-state index contributed by atoms with van der Waals surface area (Å²) in [6.07, 6.45) is 6.03. The van der Waals surface area contributed by atoms with Gasteiger partial charge in [-0.1, -0.05) is 12.6 Å². The van der Waals surface area contributed by atoms with Crippen LogP contribution < -0.4 is 9.80 Å². The van der Waals surface area contributed by atoms with Crippen molar-refractivity contribution in [2.45, 2.75) is 50.2 Å². The van der Waals surface area contributed by atoms with E-state index >= 15 is 0 Å². The predicted octanol–water partition coefficient (Wildman–Crippen LogP) is 5.90. The van der Waals surface area contributed by atoms with Crippen molar-refractivity contribution in [2.75, 3.05) is 23.4 Å². The van der Waals surface area contributed by atoms with Gasteiger partial charge in [-0.3, -0.25) is 0 Å². The van der Waals surface area contributed by atoms with Crippen molar-refractivity contribution < 1.29 is 5.11 Å². The largest absolute Gasteiger partial charge is 0.393 e. The Bertz CT molecular complexity index is 942. The molecule has 1 N–H and O–H groups in total. The summed E-state index contributed by atoms with van der Waals surface area (Å²) in [6.45, 7) is 8.27. The summed E-state index contributed by atoms with van der Waals surface area (Å²) in [5.41, 5.74) is 7.56. The summed E-state index contributed by atoms with van der Waals surface area (Å²) in [6, 6.07) is 15.2. The van der Waals surface area contributed by atoms with E-state index in [1.54, 1.807) is 0 Å². The van der Waals surface area contributed by atoms with Gasteiger partial charge in [-0.25, -0.2) is 0 Å². The summed E-state index contributed by atoms with van der Waals surface area (Å²) in [7, 11) is 2.13. The van der Waals surface area contributed by atoms with Gasteiger partial charge in [-0.15, -0.1) is 12.6 Å². The highest BCUT2D eigenvalue weighted by Gasteiger charge is 2.29. The lowest BCUT2D eigenvalue weighted by atomic mass is 9.77. The Morgan fingerprint density at radius 2 is 1.80 bits per heavy atom. The van der Waals surface area contributed by atoms with Gasteiger partial charge in [-0.2, -0.15) is 0 Å². The van der Waals surface area contributed by atoms with Crippen LogP contribution >= 0.6 is 12.6 Å². The number of allylic oxidation sites excluding steroid dienone is 2. The molecule has 1 aliphatic heterocycles. The van der Waals surface area contributed by atoms with Crippen molar-refractivity contribution in [3.8, 4) is 0 Å². The molecule has 3 nitrogen and oxygen atoms in total. The first-order chi connectivity index (χ1) is 14.5. The van der Waals surface area contributed by atoms with Crippen LogP contribution in [0.1, 0.15) is 43.7 Å². The van der Waals surface area contributed by atoms with Crippen LogP contribution in [0.5, 0.6) is 0 Å². The van der Waals surface area contributed by atoms with Gasteiger partial charge in [0.05, 0.1) is 6.10 Å². The highest BCUT2D eigenvalue weighted by atomic mass is 32.1. The molecule has 0 atom stereocenters. The fourth-order valence-electron chi connectivity index (χ4n) is 4.81. The van der Waals surface area contributed by atoms with E-state index in [9.17, 15) is 5.11 Å². The molecule has 2 aromatic rings. The number of fused-ring (bicyclic) bond motifs is 1. The number of hydrogen-bond acceptors (Lipinski definition) is 4. The summed E-state index contributed by atoms with van der Waals surface area (Å²) in [5.74, 6) is 0.499. The Morgan fingerprint density at radius 3 is 2.47 bits per heavy atom. The van der Waals surface area contributed by atoms with Crippen LogP contribution in [0, 0.1) is 5.92 Å². The molecule has 0 bridgehead atoms. The quantitative estimate of drug-likeness (QED) is 0.590. The molecule has 1 saturated carbocycles. The zero-order valence-corrected chi connectivity index (χ0v) is 18.9. The van der Waals surface area contributed by atoms with Crippen LogP contribution in [-0.2, 0) is 6.54 Å². The highest BCUT2D eigenvalue weighted by molar-refractivity contribution is 7.80. The lowest BCUT2D eigenvalue weighted by Gasteiger charge is -2.36. The number of anilines is 2. The van der Waals surface area contributed by atoms with E-state index in [4.69, 9.17) is 0 Å². The summed E-state index contributed by atoms with van der Waals surface area (Å²) in [5, 5.41) is 9.97. The molecule has 1 heterocycles. The first-order valence-corrected chi connectivity index (χ1v) is 11.4. The predicted molar refractivity (Wildman–Crippen MR) is 130 cm³/mol. The second-order valence-corrected chi connectivity index (χ2v) is 9.08. The average molecular weight is 421 g/mol. The SMILES string of the molecule is C=C1C=C(C2CCC(O)CC2)c2cc(CN(C)c3ccc(S)cc3)ccc2N1CC. The second kappa shape index (κ2) is 8.91. The smallest absolute Gasteiger partial charge is 0.0540 e. The number of aliphatic hydroxyl groups is 1. The molecule has 30 heavy (non-hydrogen) atoms. The molecule has 0 spiro atoms. The molecule has 0 aromatic heterocycles. The molecule has 1 aliphatic carbocycles. The maximum absolute atomic E-state index is 9.97. The van der Waals surface area contributed by atoms with Gasteiger partial charge in [0.15, 0.2) is 0 Å².